The topological polar surface area (TPSA) is 75.3 Å². The highest BCUT2D eigenvalue weighted by Crippen LogP contribution is 2.44. The molecule has 0 aliphatic heterocycles. The highest BCUT2D eigenvalue weighted by molar-refractivity contribution is 6.06. The molecule has 0 bridgehead atoms. The second kappa shape index (κ2) is 13.6. The van der Waals surface area contributed by atoms with Crippen LogP contribution >= 0.6 is 0 Å². The van der Waals surface area contributed by atoms with E-state index in [0.29, 0.717) is 11.5 Å². The summed E-state index contributed by atoms with van der Waals surface area (Å²) in [6, 6.07) is 56.2. The van der Waals surface area contributed by atoms with Gasteiger partial charge >= 0.3 is 0 Å². The van der Waals surface area contributed by atoms with Gasteiger partial charge in [0.2, 0.25) is 0 Å². The number of hydrogen-bond donors (Lipinski definition) is 0. The van der Waals surface area contributed by atoms with Crippen LogP contribution in [0.5, 0.6) is 0 Å². The molecule has 0 fully saturated rings. The van der Waals surface area contributed by atoms with Crippen LogP contribution in [0.2, 0.25) is 0 Å². The molecule has 1 atom stereocenters. The molecule has 0 saturated carbocycles. The zero-order valence-electron chi connectivity index (χ0n) is 29.1. The quantitative estimate of drug-likeness (QED) is 0.175. The highest BCUT2D eigenvalue weighted by Gasteiger charge is 2.24. The molecule has 0 amide bonds. The third-order valence-electron chi connectivity index (χ3n) is 10.1. The predicted octanol–water partition coefficient (Wildman–Crippen LogP) is 11.3. The average Bonchev–Trinajstić information content (AvgIpc) is 3.23. The lowest BCUT2D eigenvalue weighted by Gasteiger charge is -2.25. The molecule has 0 N–H and O–H groups in total. The summed E-state index contributed by atoms with van der Waals surface area (Å²) in [7, 11) is 0. The average molecular weight is 680 g/mol. The zero-order valence-corrected chi connectivity index (χ0v) is 29.1. The van der Waals surface area contributed by atoms with Gasteiger partial charge in [-0.25, -0.2) is 0 Å². The SMILES string of the molecule is CC1C=C(c2ccc(-c3ccccc3)nn2)c2cccc(-c3ccc(C#N)cc3-c3cccc4c(-c5ccc(-c6ccccc6)nn5)cccc34)c2C1. The molecule has 6 aromatic carbocycles. The van der Waals surface area contributed by atoms with E-state index in [2.05, 4.69) is 119 Å². The molecular formula is C48H33N5. The predicted molar refractivity (Wildman–Crippen MR) is 213 cm³/mol. The van der Waals surface area contributed by atoms with E-state index >= 15 is 0 Å². The molecule has 53 heavy (non-hydrogen) atoms. The van der Waals surface area contributed by atoms with Crippen molar-refractivity contribution in [2.24, 2.45) is 5.92 Å². The van der Waals surface area contributed by atoms with Crippen molar-refractivity contribution < 1.29 is 0 Å². The largest absolute Gasteiger partial charge is 0.192 e. The van der Waals surface area contributed by atoms with Gasteiger partial charge in [0, 0.05) is 22.3 Å². The van der Waals surface area contributed by atoms with Crippen molar-refractivity contribution in [3.05, 3.63) is 186 Å². The summed E-state index contributed by atoms with van der Waals surface area (Å²) in [6.45, 7) is 2.26. The number of hydrogen-bond acceptors (Lipinski definition) is 5. The maximum Gasteiger partial charge on any atom is 0.0991 e. The third kappa shape index (κ3) is 5.97. The van der Waals surface area contributed by atoms with Crippen LogP contribution < -0.4 is 0 Å². The summed E-state index contributed by atoms with van der Waals surface area (Å²) in [5.41, 5.74) is 14.9. The highest BCUT2D eigenvalue weighted by atomic mass is 15.1. The standard InChI is InChI=1S/C48H33N5/c1-31-27-42-38(18-9-19-39(42)44(28-31)48-26-24-46(51-53-48)34-13-6-3-7-14-34)40-22-21-32(30-49)29-43(40)37-17-8-16-36-35(37)15-10-20-41(36)47-25-23-45(50-52-47)33-11-4-2-5-12-33/h2-26,28-29,31H,27H2,1H3. The summed E-state index contributed by atoms with van der Waals surface area (Å²) in [6.07, 6.45) is 3.21. The van der Waals surface area contributed by atoms with E-state index in [1.54, 1.807) is 0 Å². The number of rotatable bonds is 6. The van der Waals surface area contributed by atoms with Crippen LogP contribution in [0.4, 0.5) is 0 Å². The molecule has 0 saturated heterocycles. The van der Waals surface area contributed by atoms with Crippen molar-refractivity contribution in [2.45, 2.75) is 13.3 Å². The number of benzene rings is 6. The number of aromatic nitrogens is 4. The van der Waals surface area contributed by atoms with Crippen molar-refractivity contribution in [1.29, 1.82) is 5.26 Å². The van der Waals surface area contributed by atoms with Crippen LogP contribution in [0.1, 0.15) is 29.3 Å². The minimum absolute atomic E-state index is 0.297. The lowest BCUT2D eigenvalue weighted by atomic mass is 9.79. The minimum atomic E-state index is 0.297. The van der Waals surface area contributed by atoms with Crippen molar-refractivity contribution in [3.63, 3.8) is 0 Å². The number of nitrogens with zero attached hydrogens (tertiary/aromatic N) is 5. The van der Waals surface area contributed by atoms with Gasteiger partial charge in [0.05, 0.1) is 34.4 Å². The second-order valence-corrected chi connectivity index (χ2v) is 13.5. The molecule has 1 aliphatic rings. The zero-order chi connectivity index (χ0) is 35.7. The molecule has 5 nitrogen and oxygen atoms in total. The number of allylic oxidation sites excluding steroid dienone is 1. The molecule has 0 radical (unpaired) electrons. The third-order valence-corrected chi connectivity index (χ3v) is 10.1. The lowest BCUT2D eigenvalue weighted by Crippen LogP contribution is -2.11. The Labute approximate surface area is 308 Å². The lowest BCUT2D eigenvalue weighted by molar-refractivity contribution is 0.714. The molecule has 9 rings (SSSR count). The Hall–Kier alpha value is -7.03. The molecule has 250 valence electrons. The maximum atomic E-state index is 10.1. The van der Waals surface area contributed by atoms with Crippen LogP contribution in [-0.2, 0) is 6.42 Å². The van der Waals surface area contributed by atoms with Crippen LogP contribution in [0.25, 0.3) is 72.4 Å². The Balaban J connectivity index is 1.15. The number of fused-ring (bicyclic) bond motifs is 2. The van der Waals surface area contributed by atoms with Gasteiger partial charge in [-0.1, -0.05) is 134 Å². The van der Waals surface area contributed by atoms with E-state index in [4.69, 9.17) is 5.10 Å². The first kappa shape index (κ1) is 31.9. The van der Waals surface area contributed by atoms with Crippen LogP contribution in [0.15, 0.2) is 164 Å². The summed E-state index contributed by atoms with van der Waals surface area (Å²) >= 11 is 0. The Bertz CT molecular complexity index is 2690. The molecule has 5 heteroatoms. The van der Waals surface area contributed by atoms with Crippen molar-refractivity contribution in [2.75, 3.05) is 0 Å². The first-order valence-corrected chi connectivity index (χ1v) is 17.8. The van der Waals surface area contributed by atoms with E-state index in [-0.39, 0.29) is 0 Å². The van der Waals surface area contributed by atoms with E-state index in [1.165, 1.54) is 5.56 Å². The van der Waals surface area contributed by atoms with Gasteiger partial charge in [0.25, 0.3) is 0 Å². The van der Waals surface area contributed by atoms with Gasteiger partial charge in [-0.3, -0.25) is 0 Å². The van der Waals surface area contributed by atoms with E-state index < -0.39 is 0 Å². The Morgan fingerprint density at radius 1 is 0.472 bits per heavy atom. The molecule has 1 aliphatic carbocycles. The van der Waals surface area contributed by atoms with E-state index in [0.717, 1.165) is 90.0 Å². The van der Waals surface area contributed by atoms with Gasteiger partial charge in [-0.2, -0.15) is 5.26 Å². The molecule has 2 aromatic heterocycles. The molecular weight excluding hydrogens is 647 g/mol. The number of nitriles is 1. The Morgan fingerprint density at radius 3 is 1.66 bits per heavy atom. The summed E-state index contributed by atoms with van der Waals surface area (Å²) in [4.78, 5) is 0. The van der Waals surface area contributed by atoms with Crippen molar-refractivity contribution >= 4 is 16.3 Å². The summed E-state index contributed by atoms with van der Waals surface area (Å²) in [5.74, 6) is 0.297. The Kier molecular flexibility index (Phi) is 8.19. The van der Waals surface area contributed by atoms with Gasteiger partial charge in [0.15, 0.2) is 0 Å². The van der Waals surface area contributed by atoms with Crippen LogP contribution in [-0.4, -0.2) is 20.4 Å². The van der Waals surface area contributed by atoms with E-state index in [1.807, 2.05) is 72.8 Å². The summed E-state index contributed by atoms with van der Waals surface area (Å²) < 4.78 is 0. The maximum absolute atomic E-state index is 10.1. The fraction of sp³-hybridized carbons (Fsp3) is 0.0625. The molecule has 0 spiro atoms. The second-order valence-electron chi connectivity index (χ2n) is 13.5. The first-order valence-electron chi connectivity index (χ1n) is 17.8. The van der Waals surface area contributed by atoms with Gasteiger partial charge in [-0.15, -0.1) is 20.4 Å². The summed E-state index contributed by atoms with van der Waals surface area (Å²) in [5, 5.41) is 30.8. The Morgan fingerprint density at radius 2 is 1.02 bits per heavy atom. The van der Waals surface area contributed by atoms with Crippen LogP contribution in [0.3, 0.4) is 0 Å². The van der Waals surface area contributed by atoms with E-state index in [9.17, 15) is 5.26 Å². The van der Waals surface area contributed by atoms with Crippen molar-refractivity contribution in [1.82, 2.24) is 20.4 Å². The normalized spacial score (nSPS) is 13.6. The molecule has 2 heterocycles. The molecule has 8 aromatic rings. The smallest absolute Gasteiger partial charge is 0.0991 e. The van der Waals surface area contributed by atoms with Crippen molar-refractivity contribution in [3.8, 4) is 62.1 Å². The monoisotopic (exact) mass is 679 g/mol. The fourth-order valence-electron chi connectivity index (χ4n) is 7.61. The first-order chi connectivity index (χ1) is 26.1. The van der Waals surface area contributed by atoms with Crippen LogP contribution in [0, 0.1) is 17.2 Å². The minimum Gasteiger partial charge on any atom is -0.192 e. The van der Waals surface area contributed by atoms with Gasteiger partial charge in [0.1, 0.15) is 0 Å². The van der Waals surface area contributed by atoms with Gasteiger partial charge < -0.3 is 0 Å². The van der Waals surface area contributed by atoms with Gasteiger partial charge in [-0.05, 0) is 92.9 Å². The molecule has 1 unspecified atom stereocenters. The fourth-order valence-corrected chi connectivity index (χ4v) is 7.61.